The highest BCUT2D eigenvalue weighted by Crippen LogP contribution is 2.47. The van der Waals surface area contributed by atoms with Gasteiger partial charge in [0.25, 0.3) is 0 Å². The molecule has 1 heterocycles. The van der Waals surface area contributed by atoms with Crippen LogP contribution in [0.1, 0.15) is 66.2 Å². The Morgan fingerprint density at radius 1 is 1.12 bits per heavy atom. The van der Waals surface area contributed by atoms with Crippen LogP contribution < -0.4 is 0 Å². The summed E-state index contributed by atoms with van der Waals surface area (Å²) in [5.41, 5.74) is -0.228. The van der Waals surface area contributed by atoms with E-state index in [1.165, 1.54) is 25.7 Å². The minimum absolute atomic E-state index is 0.228. The van der Waals surface area contributed by atoms with Crippen LogP contribution in [0.4, 0.5) is 0 Å². The normalized spacial score (nSPS) is 38.0. The van der Waals surface area contributed by atoms with E-state index in [0.717, 1.165) is 12.8 Å². The highest BCUT2D eigenvalue weighted by Gasteiger charge is 2.53. The fourth-order valence-electron chi connectivity index (χ4n) is 4.59. The van der Waals surface area contributed by atoms with Gasteiger partial charge in [0.2, 0.25) is 0 Å². The van der Waals surface area contributed by atoms with Gasteiger partial charge in [0.1, 0.15) is 5.60 Å². The van der Waals surface area contributed by atoms with Crippen LogP contribution in [0.25, 0.3) is 0 Å². The minimum atomic E-state index is -1.64. The Hall–Kier alpha value is 0.0969. The van der Waals surface area contributed by atoms with E-state index in [-0.39, 0.29) is 11.4 Å². The summed E-state index contributed by atoms with van der Waals surface area (Å²) in [6.45, 7) is 17.4. The molecule has 2 atom stereocenters. The lowest BCUT2D eigenvalue weighted by molar-refractivity contribution is -0.353. The smallest absolute Gasteiger partial charge is 0.184 e. The highest BCUT2D eigenvalue weighted by molar-refractivity contribution is 6.69. The summed E-state index contributed by atoms with van der Waals surface area (Å²) in [7, 11) is -1.64. The summed E-state index contributed by atoms with van der Waals surface area (Å²) in [4.78, 5) is 0. The third-order valence-corrected chi connectivity index (χ3v) is 6.69. The molecule has 2 fully saturated rings. The van der Waals surface area contributed by atoms with E-state index in [1.54, 1.807) is 0 Å². The van der Waals surface area contributed by atoms with Gasteiger partial charge in [0, 0.05) is 12.3 Å². The van der Waals surface area contributed by atoms with Gasteiger partial charge in [-0.1, -0.05) is 47.0 Å². The van der Waals surface area contributed by atoms with Gasteiger partial charge >= 0.3 is 0 Å². The predicted molar refractivity (Wildman–Crippen MR) is 103 cm³/mol. The van der Waals surface area contributed by atoms with Crippen LogP contribution in [0, 0.1) is 17.8 Å². The van der Waals surface area contributed by atoms with Crippen molar-refractivity contribution in [2.45, 2.75) is 97.2 Å². The molecule has 0 unspecified atom stereocenters. The van der Waals surface area contributed by atoms with E-state index < -0.39 is 8.32 Å². The van der Waals surface area contributed by atoms with Crippen molar-refractivity contribution >= 4 is 8.32 Å². The standard InChI is InChI=1S/C20H40O3Si/c1-8-9-12-19(23-24(5,6)7)14-21-20(22-15-19)13-17(4)10-11-18(20)16(2)3/h16-18H,8-15H2,1-7H3/t17-,18+,19?,20?/m1/s1. The van der Waals surface area contributed by atoms with Crippen LogP contribution in [0.2, 0.25) is 19.6 Å². The molecule has 1 saturated heterocycles. The van der Waals surface area contributed by atoms with Gasteiger partial charge in [0.05, 0.1) is 13.2 Å². The lowest BCUT2D eigenvalue weighted by Crippen LogP contribution is -2.62. The summed E-state index contributed by atoms with van der Waals surface area (Å²) in [5, 5.41) is 0. The van der Waals surface area contributed by atoms with Crippen LogP contribution in [0.15, 0.2) is 0 Å². The fourth-order valence-corrected chi connectivity index (χ4v) is 6.11. The second kappa shape index (κ2) is 7.77. The SMILES string of the molecule is CCCCC1(O[Si](C)(C)C)COC2(C[C@H](C)CC[C@H]2C(C)C)OC1. The Morgan fingerprint density at radius 3 is 2.25 bits per heavy atom. The molecule has 0 bridgehead atoms. The van der Waals surface area contributed by atoms with Gasteiger partial charge < -0.3 is 13.9 Å². The first-order valence-corrected chi connectivity index (χ1v) is 13.5. The molecule has 1 aliphatic heterocycles. The molecule has 0 amide bonds. The second-order valence-electron chi connectivity index (χ2n) is 9.63. The van der Waals surface area contributed by atoms with Gasteiger partial charge in [0.15, 0.2) is 14.1 Å². The van der Waals surface area contributed by atoms with Crippen molar-refractivity contribution in [3.05, 3.63) is 0 Å². The van der Waals surface area contributed by atoms with E-state index in [0.29, 0.717) is 31.0 Å². The van der Waals surface area contributed by atoms with Crippen LogP contribution in [-0.2, 0) is 13.9 Å². The number of rotatable bonds is 6. The van der Waals surface area contributed by atoms with Crippen molar-refractivity contribution in [1.82, 2.24) is 0 Å². The zero-order valence-corrected chi connectivity index (χ0v) is 18.1. The summed E-state index contributed by atoms with van der Waals surface area (Å²) >= 11 is 0. The third kappa shape index (κ3) is 4.84. The molecule has 1 aliphatic carbocycles. The molecule has 0 aromatic carbocycles. The van der Waals surface area contributed by atoms with Crippen LogP contribution in [0.3, 0.4) is 0 Å². The van der Waals surface area contributed by atoms with E-state index in [2.05, 4.69) is 47.3 Å². The van der Waals surface area contributed by atoms with Gasteiger partial charge in [-0.25, -0.2) is 0 Å². The van der Waals surface area contributed by atoms with Crippen molar-refractivity contribution in [1.29, 1.82) is 0 Å². The Bertz CT molecular complexity index is 394. The first kappa shape index (κ1) is 20.4. The maximum Gasteiger partial charge on any atom is 0.184 e. The van der Waals surface area contributed by atoms with Crippen molar-refractivity contribution in [3.63, 3.8) is 0 Å². The molecule has 142 valence electrons. The Balaban J connectivity index is 2.14. The second-order valence-corrected chi connectivity index (χ2v) is 14.1. The molecular formula is C20H40O3Si. The van der Waals surface area contributed by atoms with Gasteiger partial charge in [-0.2, -0.15) is 0 Å². The molecule has 2 rings (SSSR count). The van der Waals surface area contributed by atoms with Crippen LogP contribution >= 0.6 is 0 Å². The molecule has 0 N–H and O–H groups in total. The molecule has 3 nitrogen and oxygen atoms in total. The largest absolute Gasteiger partial charge is 0.407 e. The zero-order valence-electron chi connectivity index (χ0n) is 17.1. The summed E-state index contributed by atoms with van der Waals surface area (Å²) in [6, 6.07) is 0. The maximum atomic E-state index is 6.61. The fraction of sp³-hybridized carbons (Fsp3) is 1.00. The van der Waals surface area contributed by atoms with E-state index >= 15 is 0 Å². The van der Waals surface area contributed by atoms with Gasteiger partial charge in [-0.3, -0.25) is 0 Å². The third-order valence-electron chi connectivity index (χ3n) is 5.64. The van der Waals surface area contributed by atoms with E-state index in [1.807, 2.05) is 0 Å². The summed E-state index contributed by atoms with van der Waals surface area (Å²) in [6.07, 6.45) is 6.96. The lowest BCUT2D eigenvalue weighted by atomic mass is 9.72. The number of hydrogen-bond acceptors (Lipinski definition) is 3. The topological polar surface area (TPSA) is 27.7 Å². The van der Waals surface area contributed by atoms with Crippen molar-refractivity contribution < 1.29 is 13.9 Å². The predicted octanol–water partition coefficient (Wildman–Crippen LogP) is 5.60. The molecule has 0 aromatic heterocycles. The van der Waals surface area contributed by atoms with Crippen LogP contribution in [-0.4, -0.2) is 32.9 Å². The van der Waals surface area contributed by atoms with Crippen molar-refractivity contribution in [3.8, 4) is 0 Å². The Morgan fingerprint density at radius 2 is 1.75 bits per heavy atom. The Kier molecular flexibility index (Phi) is 6.61. The molecule has 1 saturated carbocycles. The maximum absolute atomic E-state index is 6.61. The quantitative estimate of drug-likeness (QED) is 0.580. The van der Waals surface area contributed by atoms with E-state index in [4.69, 9.17) is 13.9 Å². The van der Waals surface area contributed by atoms with E-state index in [9.17, 15) is 0 Å². The molecular weight excluding hydrogens is 316 g/mol. The number of unbranched alkanes of at least 4 members (excludes halogenated alkanes) is 1. The Labute approximate surface area is 151 Å². The first-order chi connectivity index (χ1) is 11.1. The van der Waals surface area contributed by atoms with Crippen molar-refractivity contribution in [2.75, 3.05) is 13.2 Å². The molecule has 2 aliphatic rings. The average Bonchev–Trinajstić information content (AvgIpc) is 2.47. The minimum Gasteiger partial charge on any atom is -0.407 e. The number of hydrogen-bond donors (Lipinski definition) is 0. The monoisotopic (exact) mass is 356 g/mol. The summed E-state index contributed by atoms with van der Waals surface area (Å²) in [5.74, 6) is 1.41. The number of ether oxygens (including phenoxy) is 2. The molecule has 0 aromatic rings. The lowest BCUT2D eigenvalue weighted by Gasteiger charge is -2.54. The zero-order chi connectivity index (χ0) is 18.0. The van der Waals surface area contributed by atoms with Gasteiger partial charge in [-0.05, 0) is 44.3 Å². The van der Waals surface area contributed by atoms with Crippen molar-refractivity contribution in [2.24, 2.45) is 17.8 Å². The molecule has 0 radical (unpaired) electrons. The average molecular weight is 357 g/mol. The highest BCUT2D eigenvalue weighted by atomic mass is 28.4. The van der Waals surface area contributed by atoms with Crippen LogP contribution in [0.5, 0.6) is 0 Å². The molecule has 24 heavy (non-hydrogen) atoms. The molecule has 4 heteroatoms. The molecule has 1 spiro atoms. The first-order valence-electron chi connectivity index (χ1n) is 10.1. The van der Waals surface area contributed by atoms with Gasteiger partial charge in [-0.15, -0.1) is 0 Å². The summed E-state index contributed by atoms with van der Waals surface area (Å²) < 4.78 is 19.8.